The summed E-state index contributed by atoms with van der Waals surface area (Å²) >= 11 is 12.4. The van der Waals surface area contributed by atoms with Crippen LogP contribution in [0, 0.1) is 6.92 Å². The van der Waals surface area contributed by atoms with Gasteiger partial charge in [-0.15, -0.1) is 0 Å². The van der Waals surface area contributed by atoms with Crippen LogP contribution in [0.1, 0.15) is 50.8 Å². The highest BCUT2D eigenvalue weighted by atomic mass is 35.5. The minimum absolute atomic E-state index is 0.124. The number of hydrogen-bond acceptors (Lipinski definition) is 2. The second-order valence-electron chi connectivity index (χ2n) is 8.58. The third-order valence-corrected chi connectivity index (χ3v) is 5.30. The number of carbonyl (C=O) groups is 2. The molecule has 30 heavy (non-hydrogen) atoms. The van der Waals surface area contributed by atoms with Crippen molar-refractivity contribution in [3.8, 4) is 0 Å². The molecule has 4 nitrogen and oxygen atoms in total. The Morgan fingerprint density at radius 2 is 1.70 bits per heavy atom. The lowest BCUT2D eigenvalue weighted by atomic mass is 10.0. The van der Waals surface area contributed by atoms with Crippen molar-refractivity contribution >= 4 is 35.0 Å². The summed E-state index contributed by atoms with van der Waals surface area (Å²) in [6, 6.07) is 12.4. The van der Waals surface area contributed by atoms with Gasteiger partial charge in [0, 0.05) is 22.1 Å². The van der Waals surface area contributed by atoms with E-state index in [2.05, 4.69) is 5.32 Å². The molecule has 0 bridgehead atoms. The molecule has 0 aliphatic rings. The van der Waals surface area contributed by atoms with Crippen LogP contribution in [0.3, 0.4) is 0 Å². The van der Waals surface area contributed by atoms with Crippen LogP contribution in [-0.4, -0.2) is 28.3 Å². The molecule has 0 saturated carbocycles. The highest BCUT2D eigenvalue weighted by molar-refractivity contribution is 6.35. The van der Waals surface area contributed by atoms with Crippen LogP contribution in [0.2, 0.25) is 10.0 Å². The maximum absolute atomic E-state index is 13.3. The molecule has 6 heteroatoms. The molecule has 1 atom stereocenters. The fourth-order valence-corrected chi connectivity index (χ4v) is 3.66. The first-order chi connectivity index (χ1) is 14.0. The molecule has 0 radical (unpaired) electrons. The highest BCUT2D eigenvalue weighted by Crippen LogP contribution is 2.24. The van der Waals surface area contributed by atoms with E-state index in [4.69, 9.17) is 23.2 Å². The summed E-state index contributed by atoms with van der Waals surface area (Å²) in [4.78, 5) is 28.0. The quantitative estimate of drug-likeness (QED) is 0.601. The van der Waals surface area contributed by atoms with Crippen molar-refractivity contribution in [3.05, 3.63) is 69.2 Å². The summed E-state index contributed by atoms with van der Waals surface area (Å²) in [7, 11) is 0. The van der Waals surface area contributed by atoms with E-state index in [1.807, 2.05) is 58.9 Å². The maximum Gasteiger partial charge on any atom is 0.243 e. The second-order valence-corrected chi connectivity index (χ2v) is 9.43. The van der Waals surface area contributed by atoms with Gasteiger partial charge in [0.15, 0.2) is 0 Å². The summed E-state index contributed by atoms with van der Waals surface area (Å²) in [5.41, 5.74) is 2.39. The van der Waals surface area contributed by atoms with Crippen LogP contribution in [0.25, 0.3) is 0 Å². The Balaban J connectivity index is 2.35. The molecule has 2 amide bonds. The molecule has 1 N–H and O–H groups in total. The number of hydrogen-bond donors (Lipinski definition) is 1. The topological polar surface area (TPSA) is 49.4 Å². The Morgan fingerprint density at radius 1 is 1.07 bits per heavy atom. The van der Waals surface area contributed by atoms with E-state index < -0.39 is 11.6 Å². The van der Waals surface area contributed by atoms with Gasteiger partial charge in [0.05, 0.1) is 6.42 Å². The van der Waals surface area contributed by atoms with E-state index in [1.165, 1.54) is 0 Å². The zero-order valence-electron chi connectivity index (χ0n) is 18.3. The van der Waals surface area contributed by atoms with Gasteiger partial charge in [-0.1, -0.05) is 66.0 Å². The predicted molar refractivity (Wildman–Crippen MR) is 124 cm³/mol. The molecule has 0 saturated heterocycles. The normalized spacial score (nSPS) is 12.4. The molecule has 2 aromatic rings. The van der Waals surface area contributed by atoms with Gasteiger partial charge in [-0.3, -0.25) is 9.59 Å². The molecule has 2 rings (SSSR count). The van der Waals surface area contributed by atoms with Crippen LogP contribution in [0.4, 0.5) is 0 Å². The lowest BCUT2D eigenvalue weighted by Gasteiger charge is -2.33. The second kappa shape index (κ2) is 10.3. The van der Waals surface area contributed by atoms with Crippen molar-refractivity contribution in [1.29, 1.82) is 0 Å². The average molecular weight is 449 g/mol. The molecule has 0 spiro atoms. The van der Waals surface area contributed by atoms with Gasteiger partial charge in [0.1, 0.15) is 6.04 Å². The minimum Gasteiger partial charge on any atom is -0.350 e. The number of benzene rings is 2. The Labute approximate surface area is 189 Å². The summed E-state index contributed by atoms with van der Waals surface area (Å²) in [5.74, 6) is -0.298. The Morgan fingerprint density at radius 3 is 2.23 bits per heavy atom. The van der Waals surface area contributed by atoms with E-state index in [0.29, 0.717) is 16.5 Å². The molecule has 0 unspecified atom stereocenters. The van der Waals surface area contributed by atoms with E-state index in [-0.39, 0.29) is 24.8 Å². The first-order valence-electron chi connectivity index (χ1n) is 10.1. The van der Waals surface area contributed by atoms with Gasteiger partial charge in [0.2, 0.25) is 11.8 Å². The first-order valence-corrected chi connectivity index (χ1v) is 10.9. The van der Waals surface area contributed by atoms with Crippen LogP contribution >= 0.6 is 23.2 Å². The molecule has 0 heterocycles. The Kier molecular flexibility index (Phi) is 8.34. The van der Waals surface area contributed by atoms with Crippen LogP contribution < -0.4 is 5.32 Å². The summed E-state index contributed by atoms with van der Waals surface area (Å²) in [5, 5.41) is 4.00. The average Bonchev–Trinajstić information content (AvgIpc) is 2.63. The van der Waals surface area contributed by atoms with E-state index in [1.54, 1.807) is 23.1 Å². The van der Waals surface area contributed by atoms with Gasteiger partial charge >= 0.3 is 0 Å². The number of aryl methyl sites for hydroxylation is 1. The number of amides is 2. The zero-order valence-corrected chi connectivity index (χ0v) is 19.8. The number of halogens is 2. The number of nitrogens with zero attached hydrogens (tertiary/aromatic N) is 1. The molecule has 2 aromatic carbocycles. The largest absolute Gasteiger partial charge is 0.350 e. The van der Waals surface area contributed by atoms with Crippen molar-refractivity contribution in [2.75, 3.05) is 0 Å². The van der Waals surface area contributed by atoms with E-state index >= 15 is 0 Å². The molecule has 0 aliphatic heterocycles. The van der Waals surface area contributed by atoms with Crippen molar-refractivity contribution in [3.63, 3.8) is 0 Å². The van der Waals surface area contributed by atoms with Gasteiger partial charge in [-0.25, -0.2) is 0 Å². The molecule has 0 aliphatic carbocycles. The molecular formula is C24H30Cl2N2O2. The fraction of sp³-hybridized carbons (Fsp3) is 0.417. The zero-order chi connectivity index (χ0) is 22.5. The lowest BCUT2D eigenvalue weighted by molar-refractivity contribution is -0.141. The molecule has 162 valence electrons. The summed E-state index contributed by atoms with van der Waals surface area (Å²) in [6.07, 6.45) is 0.706. The summed E-state index contributed by atoms with van der Waals surface area (Å²) in [6.45, 7) is 9.91. The van der Waals surface area contributed by atoms with Gasteiger partial charge in [-0.05, 0) is 57.4 Å². The van der Waals surface area contributed by atoms with Crippen molar-refractivity contribution in [2.24, 2.45) is 0 Å². The highest BCUT2D eigenvalue weighted by Gasteiger charge is 2.31. The number of carbonyl (C=O) groups excluding carboxylic acids is 2. The van der Waals surface area contributed by atoms with Crippen molar-refractivity contribution in [2.45, 2.75) is 65.6 Å². The fourth-order valence-electron chi connectivity index (χ4n) is 3.19. The number of rotatable bonds is 7. The monoisotopic (exact) mass is 448 g/mol. The van der Waals surface area contributed by atoms with E-state index in [9.17, 15) is 9.59 Å². The van der Waals surface area contributed by atoms with Crippen LogP contribution in [0.5, 0.6) is 0 Å². The lowest BCUT2D eigenvalue weighted by Crippen LogP contribution is -2.53. The van der Waals surface area contributed by atoms with Gasteiger partial charge in [-0.2, -0.15) is 0 Å². The SMILES string of the molecule is CC[C@@H](C(=O)NC(C)(C)C)N(Cc1ccc(Cl)cc1Cl)C(=O)Cc1ccc(C)cc1. The van der Waals surface area contributed by atoms with Crippen LogP contribution in [-0.2, 0) is 22.6 Å². The third kappa shape index (κ3) is 7.03. The molecular weight excluding hydrogens is 419 g/mol. The van der Waals surface area contributed by atoms with Crippen LogP contribution in [0.15, 0.2) is 42.5 Å². The third-order valence-electron chi connectivity index (χ3n) is 4.72. The first kappa shape index (κ1) is 24.2. The van der Waals surface area contributed by atoms with Gasteiger partial charge < -0.3 is 10.2 Å². The maximum atomic E-state index is 13.3. The predicted octanol–water partition coefficient (Wildman–Crippen LogP) is 5.57. The van der Waals surface area contributed by atoms with Crippen molar-refractivity contribution < 1.29 is 9.59 Å². The Bertz CT molecular complexity index is 889. The van der Waals surface area contributed by atoms with E-state index in [0.717, 1.165) is 16.7 Å². The summed E-state index contributed by atoms with van der Waals surface area (Å²) < 4.78 is 0. The Hall–Kier alpha value is -2.04. The minimum atomic E-state index is -0.603. The molecule has 0 fully saturated rings. The molecule has 0 aromatic heterocycles. The number of nitrogens with one attached hydrogen (secondary N) is 1. The standard InChI is InChI=1S/C24H30Cl2N2O2/c1-6-21(23(30)27-24(3,4)5)28(15-18-11-12-19(25)14-20(18)26)22(29)13-17-9-7-16(2)8-10-17/h7-12,14,21H,6,13,15H2,1-5H3,(H,27,30)/t21-/m0/s1. The van der Waals surface area contributed by atoms with Gasteiger partial charge in [0.25, 0.3) is 0 Å². The van der Waals surface area contributed by atoms with Crippen molar-refractivity contribution in [1.82, 2.24) is 10.2 Å². The smallest absolute Gasteiger partial charge is 0.243 e.